The number of hydrogen-bond donors (Lipinski definition) is 0. The van der Waals surface area contributed by atoms with Gasteiger partial charge in [0.05, 0.1) is 0 Å². The maximum atomic E-state index is 4.26. The lowest BCUT2D eigenvalue weighted by molar-refractivity contribution is 0.481. The van der Waals surface area contributed by atoms with E-state index in [0.29, 0.717) is 5.41 Å². The quantitative estimate of drug-likeness (QED) is 0.777. The van der Waals surface area contributed by atoms with Gasteiger partial charge in [-0.1, -0.05) is 6.92 Å². The molecular formula is C9H12BrNS2. The van der Waals surface area contributed by atoms with Crippen molar-refractivity contribution >= 4 is 39.0 Å². The molecule has 0 radical (unpaired) electrons. The lowest BCUT2D eigenvalue weighted by Crippen LogP contribution is -2.27. The largest absolute Gasteiger partial charge is 0.237 e. The predicted octanol–water partition coefficient (Wildman–Crippen LogP) is 3.69. The molecule has 0 N–H and O–H groups in total. The summed E-state index contributed by atoms with van der Waals surface area (Å²) in [6.45, 7) is 2.36. The molecule has 1 aromatic rings. The highest BCUT2D eigenvalue weighted by atomic mass is 79.9. The van der Waals surface area contributed by atoms with Crippen LogP contribution in [0.3, 0.4) is 0 Å². The molecule has 1 fully saturated rings. The molecule has 2 rings (SSSR count). The van der Waals surface area contributed by atoms with Crippen LogP contribution in [0.5, 0.6) is 0 Å². The van der Waals surface area contributed by atoms with Crippen LogP contribution in [0.2, 0.25) is 0 Å². The average molecular weight is 278 g/mol. The van der Waals surface area contributed by atoms with Crippen LogP contribution < -0.4 is 0 Å². The topological polar surface area (TPSA) is 12.9 Å². The molecule has 0 amide bonds. The van der Waals surface area contributed by atoms with E-state index in [1.54, 1.807) is 11.3 Å². The highest BCUT2D eigenvalue weighted by Gasteiger charge is 2.30. The minimum atomic E-state index is 0.382. The van der Waals surface area contributed by atoms with E-state index < -0.39 is 0 Å². The molecule has 72 valence electrons. The fourth-order valence-corrected chi connectivity index (χ4v) is 4.43. The monoisotopic (exact) mass is 277 g/mol. The Kier molecular flexibility index (Phi) is 3.01. The molecular weight excluding hydrogens is 266 g/mol. The fourth-order valence-electron chi connectivity index (χ4n) is 1.66. The molecule has 0 bridgehead atoms. The van der Waals surface area contributed by atoms with Crippen LogP contribution in [0.15, 0.2) is 10.1 Å². The number of hydrogen-bond acceptors (Lipinski definition) is 3. The summed E-state index contributed by atoms with van der Waals surface area (Å²) in [4.78, 5) is 5.70. The molecule has 0 spiro atoms. The van der Waals surface area contributed by atoms with E-state index in [4.69, 9.17) is 0 Å². The molecule has 1 aliphatic heterocycles. The summed E-state index contributed by atoms with van der Waals surface area (Å²) in [6, 6.07) is 0. The second-order valence-electron chi connectivity index (χ2n) is 3.69. The summed E-state index contributed by atoms with van der Waals surface area (Å²) in [5.74, 6) is 2.58. The molecule has 1 saturated heterocycles. The Balaban J connectivity index is 2.22. The fraction of sp³-hybridized carbons (Fsp3) is 0.667. The van der Waals surface area contributed by atoms with Gasteiger partial charge in [-0.05, 0) is 34.5 Å². The van der Waals surface area contributed by atoms with Gasteiger partial charge in [0.15, 0.2) is 3.92 Å². The van der Waals surface area contributed by atoms with E-state index in [1.807, 2.05) is 6.20 Å². The van der Waals surface area contributed by atoms with Gasteiger partial charge in [0.25, 0.3) is 0 Å². The molecule has 1 unspecified atom stereocenters. The SMILES string of the molecule is CC1(c2cnc(Br)s2)CCCSC1. The van der Waals surface area contributed by atoms with Gasteiger partial charge in [-0.25, -0.2) is 4.98 Å². The Morgan fingerprint density at radius 2 is 2.46 bits per heavy atom. The van der Waals surface area contributed by atoms with Gasteiger partial charge >= 0.3 is 0 Å². The molecule has 1 aromatic heterocycles. The minimum Gasteiger partial charge on any atom is -0.237 e. The summed E-state index contributed by atoms with van der Waals surface area (Å²) < 4.78 is 1.01. The van der Waals surface area contributed by atoms with E-state index in [9.17, 15) is 0 Å². The first-order valence-electron chi connectivity index (χ1n) is 4.40. The van der Waals surface area contributed by atoms with Crippen molar-refractivity contribution in [1.29, 1.82) is 0 Å². The van der Waals surface area contributed by atoms with E-state index in [1.165, 1.54) is 29.2 Å². The molecule has 1 atom stereocenters. The Bertz CT molecular complexity index is 292. The number of nitrogens with zero attached hydrogens (tertiary/aromatic N) is 1. The molecule has 2 heterocycles. The van der Waals surface area contributed by atoms with E-state index in [0.717, 1.165) is 3.92 Å². The number of aromatic nitrogens is 1. The van der Waals surface area contributed by atoms with Crippen molar-refractivity contribution in [3.8, 4) is 0 Å². The lowest BCUT2D eigenvalue weighted by atomic mass is 9.86. The van der Waals surface area contributed by atoms with E-state index in [2.05, 4.69) is 39.6 Å². The first kappa shape index (κ1) is 9.99. The van der Waals surface area contributed by atoms with Gasteiger partial charge in [-0.2, -0.15) is 11.8 Å². The summed E-state index contributed by atoms with van der Waals surface area (Å²) in [5, 5.41) is 0. The second-order valence-corrected chi connectivity index (χ2v) is 7.11. The van der Waals surface area contributed by atoms with Crippen molar-refractivity contribution in [2.75, 3.05) is 11.5 Å². The van der Waals surface area contributed by atoms with E-state index in [-0.39, 0.29) is 0 Å². The van der Waals surface area contributed by atoms with Crippen molar-refractivity contribution in [3.05, 3.63) is 15.0 Å². The van der Waals surface area contributed by atoms with Crippen LogP contribution in [0.25, 0.3) is 0 Å². The van der Waals surface area contributed by atoms with Crippen molar-refractivity contribution in [2.24, 2.45) is 0 Å². The third-order valence-electron chi connectivity index (χ3n) is 2.51. The summed E-state index contributed by atoms with van der Waals surface area (Å²) in [7, 11) is 0. The van der Waals surface area contributed by atoms with Crippen LogP contribution in [0.4, 0.5) is 0 Å². The summed E-state index contributed by atoms with van der Waals surface area (Å²) in [5.41, 5.74) is 0.382. The Hall–Kier alpha value is 0.460. The Morgan fingerprint density at radius 1 is 1.62 bits per heavy atom. The van der Waals surface area contributed by atoms with Crippen LogP contribution in [0, 0.1) is 0 Å². The van der Waals surface area contributed by atoms with Gasteiger partial charge in [0.1, 0.15) is 0 Å². The number of halogens is 1. The van der Waals surface area contributed by atoms with Crippen molar-refractivity contribution < 1.29 is 0 Å². The van der Waals surface area contributed by atoms with Gasteiger partial charge in [-0.15, -0.1) is 11.3 Å². The van der Waals surface area contributed by atoms with Crippen LogP contribution in [-0.2, 0) is 5.41 Å². The van der Waals surface area contributed by atoms with Gasteiger partial charge < -0.3 is 0 Å². The summed E-state index contributed by atoms with van der Waals surface area (Å²) >= 11 is 7.28. The normalized spacial score (nSPS) is 29.1. The smallest absolute Gasteiger partial charge is 0.159 e. The Morgan fingerprint density at radius 3 is 3.00 bits per heavy atom. The van der Waals surface area contributed by atoms with Crippen LogP contribution >= 0.6 is 39.0 Å². The molecule has 0 saturated carbocycles. The first-order valence-corrected chi connectivity index (χ1v) is 7.17. The maximum absolute atomic E-state index is 4.26. The molecule has 4 heteroatoms. The molecule has 0 aliphatic carbocycles. The maximum Gasteiger partial charge on any atom is 0.159 e. The van der Waals surface area contributed by atoms with Gasteiger partial charge in [0.2, 0.25) is 0 Å². The average Bonchev–Trinajstić information content (AvgIpc) is 2.54. The first-order chi connectivity index (χ1) is 6.21. The van der Waals surface area contributed by atoms with Gasteiger partial charge in [-0.3, -0.25) is 0 Å². The van der Waals surface area contributed by atoms with Gasteiger partial charge in [0, 0.05) is 22.2 Å². The Labute approximate surface area is 95.5 Å². The third kappa shape index (κ3) is 2.10. The van der Waals surface area contributed by atoms with Crippen LogP contribution in [-0.4, -0.2) is 16.5 Å². The summed E-state index contributed by atoms with van der Waals surface area (Å²) in [6.07, 6.45) is 4.69. The van der Waals surface area contributed by atoms with Crippen molar-refractivity contribution in [3.63, 3.8) is 0 Å². The number of thioether (sulfide) groups is 1. The molecule has 1 aliphatic rings. The zero-order valence-corrected chi connectivity index (χ0v) is 10.8. The third-order valence-corrected chi connectivity index (χ3v) is 5.71. The lowest BCUT2D eigenvalue weighted by Gasteiger charge is -2.31. The highest BCUT2D eigenvalue weighted by molar-refractivity contribution is 9.11. The zero-order chi connectivity index (χ0) is 9.31. The van der Waals surface area contributed by atoms with E-state index >= 15 is 0 Å². The molecule has 1 nitrogen and oxygen atoms in total. The zero-order valence-electron chi connectivity index (χ0n) is 7.55. The number of rotatable bonds is 1. The highest BCUT2D eigenvalue weighted by Crippen LogP contribution is 2.40. The second kappa shape index (κ2) is 3.91. The van der Waals surface area contributed by atoms with Crippen LogP contribution in [0.1, 0.15) is 24.6 Å². The minimum absolute atomic E-state index is 0.382. The molecule has 0 aromatic carbocycles. The van der Waals surface area contributed by atoms with Crippen molar-refractivity contribution in [2.45, 2.75) is 25.2 Å². The predicted molar refractivity (Wildman–Crippen MR) is 63.7 cm³/mol. The number of thiazole rings is 1. The standard InChI is InChI=1S/C9H12BrNS2/c1-9(3-2-4-12-6-9)7-5-11-8(10)13-7/h5H,2-4,6H2,1H3. The molecule has 13 heavy (non-hydrogen) atoms. The van der Waals surface area contributed by atoms with Crippen molar-refractivity contribution in [1.82, 2.24) is 4.98 Å².